The Balaban J connectivity index is 2.22. The first kappa shape index (κ1) is 14.3. The van der Waals surface area contributed by atoms with E-state index in [1.807, 2.05) is 47.1 Å². The largest absolute Gasteiger partial charge is 0.497 e. The number of rotatable bonds is 4. The number of ether oxygens (including phenoxy) is 1. The molecule has 5 nitrogen and oxygen atoms in total. The maximum absolute atomic E-state index is 5.84. The number of hydrogen-bond acceptors (Lipinski definition) is 4. The second kappa shape index (κ2) is 5.99. The van der Waals surface area contributed by atoms with Crippen LogP contribution in [0, 0.1) is 6.92 Å². The van der Waals surface area contributed by atoms with Crippen molar-refractivity contribution in [2.45, 2.75) is 13.5 Å². The molecule has 22 heavy (non-hydrogen) atoms. The molecule has 2 N–H and O–H groups in total. The van der Waals surface area contributed by atoms with Crippen molar-refractivity contribution in [2.75, 3.05) is 7.11 Å². The van der Waals surface area contributed by atoms with Crippen LogP contribution in [0.2, 0.25) is 0 Å². The molecule has 0 radical (unpaired) electrons. The molecule has 0 saturated heterocycles. The highest BCUT2D eigenvalue weighted by atomic mass is 16.5. The normalized spacial score (nSPS) is 10.7. The van der Waals surface area contributed by atoms with Crippen LogP contribution < -0.4 is 10.5 Å². The summed E-state index contributed by atoms with van der Waals surface area (Å²) < 4.78 is 7.15. The second-order valence-corrected chi connectivity index (χ2v) is 5.02. The van der Waals surface area contributed by atoms with Crippen molar-refractivity contribution in [1.29, 1.82) is 0 Å². The zero-order chi connectivity index (χ0) is 15.5. The van der Waals surface area contributed by atoms with Crippen LogP contribution in [0.5, 0.6) is 5.75 Å². The Bertz CT molecular complexity index is 795. The van der Waals surface area contributed by atoms with Gasteiger partial charge in [0, 0.05) is 12.1 Å². The van der Waals surface area contributed by atoms with Crippen LogP contribution in [-0.4, -0.2) is 22.1 Å². The molecule has 3 rings (SSSR count). The highest BCUT2D eigenvalue weighted by Crippen LogP contribution is 2.28. The molecule has 1 aromatic heterocycles. The standard InChI is InChI=1S/C17H18N4O/c1-12-6-3-4-9-16(12)21-17(15(11-18)19-20-21)13-7-5-8-14(10-13)22-2/h3-10H,11,18H2,1-2H3. The first-order valence-corrected chi connectivity index (χ1v) is 7.09. The average molecular weight is 294 g/mol. The monoisotopic (exact) mass is 294 g/mol. The van der Waals surface area contributed by atoms with E-state index in [1.54, 1.807) is 7.11 Å². The number of aromatic nitrogens is 3. The summed E-state index contributed by atoms with van der Waals surface area (Å²) in [6, 6.07) is 15.9. The van der Waals surface area contributed by atoms with Gasteiger partial charge in [-0.1, -0.05) is 35.5 Å². The fourth-order valence-corrected chi connectivity index (χ4v) is 2.48. The summed E-state index contributed by atoms with van der Waals surface area (Å²) in [6.45, 7) is 2.38. The van der Waals surface area contributed by atoms with E-state index in [9.17, 15) is 0 Å². The number of aryl methyl sites for hydroxylation is 1. The summed E-state index contributed by atoms with van der Waals surface area (Å²) in [5, 5.41) is 8.53. The molecule has 0 aliphatic carbocycles. The highest BCUT2D eigenvalue weighted by Gasteiger charge is 2.16. The number of methoxy groups -OCH3 is 1. The second-order valence-electron chi connectivity index (χ2n) is 5.02. The van der Waals surface area contributed by atoms with E-state index < -0.39 is 0 Å². The van der Waals surface area contributed by atoms with Crippen LogP contribution in [0.15, 0.2) is 48.5 Å². The lowest BCUT2D eigenvalue weighted by Gasteiger charge is -2.11. The van der Waals surface area contributed by atoms with Crippen molar-refractivity contribution >= 4 is 0 Å². The number of benzene rings is 2. The minimum absolute atomic E-state index is 0.332. The van der Waals surface area contributed by atoms with Gasteiger partial charge in [0.25, 0.3) is 0 Å². The van der Waals surface area contributed by atoms with Gasteiger partial charge in [-0.05, 0) is 30.7 Å². The van der Waals surface area contributed by atoms with Gasteiger partial charge in [-0.2, -0.15) is 0 Å². The van der Waals surface area contributed by atoms with Gasteiger partial charge < -0.3 is 10.5 Å². The Kier molecular flexibility index (Phi) is 3.89. The van der Waals surface area contributed by atoms with Gasteiger partial charge in [0.05, 0.1) is 18.5 Å². The van der Waals surface area contributed by atoms with Crippen LogP contribution in [0.25, 0.3) is 16.9 Å². The maximum atomic E-state index is 5.84. The van der Waals surface area contributed by atoms with Gasteiger partial charge in [-0.15, -0.1) is 5.10 Å². The molecule has 0 amide bonds. The first-order chi connectivity index (χ1) is 10.7. The van der Waals surface area contributed by atoms with E-state index in [4.69, 9.17) is 10.5 Å². The van der Waals surface area contributed by atoms with Crippen LogP contribution in [0.4, 0.5) is 0 Å². The van der Waals surface area contributed by atoms with Crippen LogP contribution in [0.1, 0.15) is 11.3 Å². The molecule has 0 spiro atoms. The number of nitrogens with zero attached hydrogens (tertiary/aromatic N) is 3. The smallest absolute Gasteiger partial charge is 0.119 e. The molecule has 0 unspecified atom stereocenters. The minimum Gasteiger partial charge on any atom is -0.497 e. The van der Waals surface area contributed by atoms with Crippen molar-refractivity contribution < 1.29 is 4.74 Å². The maximum Gasteiger partial charge on any atom is 0.119 e. The van der Waals surface area contributed by atoms with Gasteiger partial charge in [-0.25, -0.2) is 4.68 Å². The van der Waals surface area contributed by atoms with Gasteiger partial charge >= 0.3 is 0 Å². The van der Waals surface area contributed by atoms with Crippen LogP contribution >= 0.6 is 0 Å². The Morgan fingerprint density at radius 3 is 2.68 bits per heavy atom. The predicted octanol–water partition coefficient (Wildman–Crippen LogP) is 2.71. The summed E-state index contributed by atoms with van der Waals surface area (Å²) in [6.07, 6.45) is 0. The highest BCUT2D eigenvalue weighted by molar-refractivity contribution is 5.66. The van der Waals surface area contributed by atoms with Crippen molar-refractivity contribution in [1.82, 2.24) is 15.0 Å². The molecule has 5 heteroatoms. The van der Waals surface area contributed by atoms with Crippen LogP contribution in [0.3, 0.4) is 0 Å². The molecule has 0 fully saturated rings. The molecule has 2 aromatic carbocycles. The lowest BCUT2D eigenvalue weighted by Crippen LogP contribution is -2.04. The van der Waals surface area contributed by atoms with E-state index >= 15 is 0 Å². The summed E-state index contributed by atoms with van der Waals surface area (Å²) in [5.41, 5.74) is 10.6. The zero-order valence-electron chi connectivity index (χ0n) is 12.7. The lowest BCUT2D eigenvalue weighted by atomic mass is 10.1. The third kappa shape index (κ3) is 2.46. The molecule has 0 atom stereocenters. The fraction of sp³-hybridized carbons (Fsp3) is 0.176. The van der Waals surface area contributed by atoms with Gasteiger partial charge in [0.1, 0.15) is 11.4 Å². The third-order valence-electron chi connectivity index (χ3n) is 3.62. The SMILES string of the molecule is COc1cccc(-c2c(CN)nnn2-c2ccccc2C)c1. The zero-order valence-corrected chi connectivity index (χ0v) is 12.7. The van der Waals surface area contributed by atoms with Crippen LogP contribution in [-0.2, 0) is 6.54 Å². The van der Waals surface area contributed by atoms with E-state index in [-0.39, 0.29) is 0 Å². The molecule has 0 saturated carbocycles. The van der Waals surface area contributed by atoms with Gasteiger partial charge in [-0.3, -0.25) is 0 Å². The molecule has 0 bridgehead atoms. The van der Waals surface area contributed by atoms with E-state index in [0.717, 1.165) is 34.0 Å². The minimum atomic E-state index is 0.332. The number of hydrogen-bond donors (Lipinski definition) is 1. The van der Waals surface area contributed by atoms with Crippen molar-refractivity contribution in [2.24, 2.45) is 5.73 Å². The fourth-order valence-electron chi connectivity index (χ4n) is 2.48. The van der Waals surface area contributed by atoms with Gasteiger partial charge in [0.15, 0.2) is 0 Å². The molecule has 3 aromatic rings. The third-order valence-corrected chi connectivity index (χ3v) is 3.62. The Morgan fingerprint density at radius 2 is 1.95 bits per heavy atom. The van der Waals surface area contributed by atoms with Crippen molar-refractivity contribution in [3.05, 3.63) is 59.8 Å². The molecule has 0 aliphatic heterocycles. The van der Waals surface area contributed by atoms with Crippen molar-refractivity contribution in [3.8, 4) is 22.7 Å². The van der Waals surface area contributed by atoms with Crippen molar-refractivity contribution in [3.63, 3.8) is 0 Å². The Morgan fingerprint density at radius 1 is 1.14 bits per heavy atom. The quantitative estimate of drug-likeness (QED) is 0.803. The summed E-state index contributed by atoms with van der Waals surface area (Å²) in [5.74, 6) is 0.790. The van der Waals surface area contributed by atoms with E-state index in [2.05, 4.69) is 23.3 Å². The Hall–Kier alpha value is -2.66. The Labute approximate surface area is 129 Å². The first-order valence-electron chi connectivity index (χ1n) is 7.09. The predicted molar refractivity (Wildman–Crippen MR) is 86.0 cm³/mol. The molecule has 0 aliphatic rings. The number of para-hydroxylation sites is 1. The van der Waals surface area contributed by atoms with Gasteiger partial charge in [0.2, 0.25) is 0 Å². The average Bonchev–Trinajstić information content (AvgIpc) is 2.99. The number of nitrogens with two attached hydrogens (primary N) is 1. The summed E-state index contributed by atoms with van der Waals surface area (Å²) in [4.78, 5) is 0. The van der Waals surface area contributed by atoms with E-state index in [0.29, 0.717) is 6.54 Å². The van der Waals surface area contributed by atoms with E-state index in [1.165, 1.54) is 0 Å². The lowest BCUT2D eigenvalue weighted by molar-refractivity contribution is 0.415. The molecule has 1 heterocycles. The molecular formula is C17H18N4O. The molecular weight excluding hydrogens is 276 g/mol. The summed E-state index contributed by atoms with van der Waals surface area (Å²) in [7, 11) is 1.65. The summed E-state index contributed by atoms with van der Waals surface area (Å²) >= 11 is 0. The topological polar surface area (TPSA) is 66.0 Å². The molecule has 112 valence electrons.